The molecule has 1 aromatic carbocycles. The summed E-state index contributed by atoms with van der Waals surface area (Å²) in [5.74, 6) is 0.748. The summed E-state index contributed by atoms with van der Waals surface area (Å²) in [7, 11) is 1.89. The van der Waals surface area contributed by atoms with Crippen LogP contribution in [-0.4, -0.2) is 9.78 Å². The minimum absolute atomic E-state index is 0.390. The zero-order chi connectivity index (χ0) is 14.0. The number of hydrogen-bond donors (Lipinski definition) is 1. The maximum Gasteiger partial charge on any atom is 0.131 e. The van der Waals surface area contributed by atoms with Gasteiger partial charge in [0.1, 0.15) is 12.4 Å². The van der Waals surface area contributed by atoms with E-state index in [0.717, 1.165) is 27.2 Å². The predicted octanol–water partition coefficient (Wildman–Crippen LogP) is 3.18. The van der Waals surface area contributed by atoms with E-state index in [1.54, 1.807) is 10.7 Å². The van der Waals surface area contributed by atoms with E-state index in [1.165, 1.54) is 0 Å². The number of aryl methyl sites for hydroxylation is 2. The van der Waals surface area contributed by atoms with E-state index in [2.05, 4.69) is 21.0 Å². The highest BCUT2D eigenvalue weighted by Gasteiger charge is 2.12. The van der Waals surface area contributed by atoms with Crippen LogP contribution in [0.5, 0.6) is 5.75 Å². The molecule has 6 heteroatoms. The van der Waals surface area contributed by atoms with Gasteiger partial charge in [0.15, 0.2) is 0 Å². The van der Waals surface area contributed by atoms with E-state index in [1.807, 2.05) is 26.1 Å². The molecule has 2 aromatic rings. The minimum Gasteiger partial charge on any atom is -0.487 e. The molecule has 0 unspecified atom stereocenters. The number of rotatable bonds is 4. The van der Waals surface area contributed by atoms with Gasteiger partial charge < -0.3 is 10.5 Å². The maximum absolute atomic E-state index is 5.93. The van der Waals surface area contributed by atoms with Gasteiger partial charge >= 0.3 is 0 Å². The van der Waals surface area contributed by atoms with E-state index >= 15 is 0 Å². The highest BCUT2D eigenvalue weighted by atomic mass is 79.9. The Morgan fingerprint density at radius 1 is 1.47 bits per heavy atom. The summed E-state index contributed by atoms with van der Waals surface area (Å²) < 4.78 is 8.59. The molecule has 0 fully saturated rings. The number of aromatic nitrogens is 2. The third-order valence-corrected chi connectivity index (χ3v) is 4.14. The van der Waals surface area contributed by atoms with Crippen LogP contribution in [0.3, 0.4) is 0 Å². The standard InChI is InChI=1S/C13H15BrClN3O/c1-8-13(14)11(18(2)17-8)7-19-12-4-3-10(15)5-9(12)6-16/h3-5H,6-7,16H2,1-2H3. The molecule has 19 heavy (non-hydrogen) atoms. The Balaban J connectivity index is 2.19. The summed E-state index contributed by atoms with van der Waals surface area (Å²) in [6.45, 7) is 2.76. The lowest BCUT2D eigenvalue weighted by atomic mass is 10.2. The van der Waals surface area contributed by atoms with Crippen molar-refractivity contribution in [3.8, 4) is 5.75 Å². The first-order valence-corrected chi connectivity index (χ1v) is 6.99. The van der Waals surface area contributed by atoms with Crippen LogP contribution in [0.2, 0.25) is 5.02 Å². The zero-order valence-electron chi connectivity index (χ0n) is 10.8. The van der Waals surface area contributed by atoms with Crippen molar-refractivity contribution in [3.05, 3.63) is 44.6 Å². The molecule has 0 aliphatic heterocycles. The first-order valence-electron chi connectivity index (χ1n) is 5.82. The van der Waals surface area contributed by atoms with E-state index < -0.39 is 0 Å². The number of nitrogens with zero attached hydrogens (tertiary/aromatic N) is 2. The monoisotopic (exact) mass is 343 g/mol. The number of benzene rings is 1. The summed E-state index contributed by atoms with van der Waals surface area (Å²) in [6, 6.07) is 5.45. The van der Waals surface area contributed by atoms with Crippen LogP contribution in [0.1, 0.15) is 17.0 Å². The van der Waals surface area contributed by atoms with Crippen LogP contribution in [-0.2, 0) is 20.2 Å². The fourth-order valence-corrected chi connectivity index (χ4v) is 2.48. The molecule has 2 rings (SSSR count). The molecule has 0 saturated heterocycles. The molecule has 0 atom stereocenters. The normalized spacial score (nSPS) is 10.8. The third kappa shape index (κ3) is 3.11. The Kier molecular flexibility index (Phi) is 4.50. The molecule has 0 aliphatic carbocycles. The molecule has 4 nitrogen and oxygen atoms in total. The quantitative estimate of drug-likeness (QED) is 0.927. The maximum atomic E-state index is 5.93. The second-order valence-electron chi connectivity index (χ2n) is 4.21. The SMILES string of the molecule is Cc1nn(C)c(COc2ccc(Cl)cc2CN)c1Br. The van der Waals surface area contributed by atoms with Crippen molar-refractivity contribution in [2.45, 2.75) is 20.1 Å². The van der Waals surface area contributed by atoms with E-state index in [0.29, 0.717) is 18.2 Å². The molecule has 102 valence electrons. The summed E-state index contributed by atoms with van der Waals surface area (Å²) >= 11 is 9.45. The molecule has 0 spiro atoms. The molecular formula is C13H15BrClN3O. The molecule has 2 N–H and O–H groups in total. The molecule has 0 amide bonds. The van der Waals surface area contributed by atoms with Crippen molar-refractivity contribution in [1.82, 2.24) is 9.78 Å². The molecule has 1 aromatic heterocycles. The summed E-state index contributed by atoms with van der Waals surface area (Å²) in [5, 5.41) is 4.98. The van der Waals surface area contributed by atoms with Crippen LogP contribution >= 0.6 is 27.5 Å². The Labute approximate surface area is 125 Å². The number of nitrogens with two attached hydrogens (primary N) is 1. The molecular weight excluding hydrogens is 330 g/mol. The molecule has 0 radical (unpaired) electrons. The average molecular weight is 345 g/mol. The molecule has 1 heterocycles. The van der Waals surface area contributed by atoms with Crippen molar-refractivity contribution in [3.63, 3.8) is 0 Å². The zero-order valence-corrected chi connectivity index (χ0v) is 13.1. The fourth-order valence-electron chi connectivity index (χ4n) is 1.83. The molecule has 0 saturated carbocycles. The Bertz CT molecular complexity index is 598. The van der Waals surface area contributed by atoms with Crippen molar-refractivity contribution in [1.29, 1.82) is 0 Å². The van der Waals surface area contributed by atoms with Crippen LogP contribution in [0.4, 0.5) is 0 Å². The van der Waals surface area contributed by atoms with Gasteiger partial charge in [-0.2, -0.15) is 5.10 Å². The van der Waals surface area contributed by atoms with Gasteiger partial charge in [0.2, 0.25) is 0 Å². The van der Waals surface area contributed by atoms with Gasteiger partial charge in [-0.1, -0.05) is 11.6 Å². The number of hydrogen-bond acceptors (Lipinski definition) is 3. The number of ether oxygens (including phenoxy) is 1. The first-order chi connectivity index (χ1) is 9.02. The second-order valence-corrected chi connectivity index (χ2v) is 5.44. The highest BCUT2D eigenvalue weighted by molar-refractivity contribution is 9.10. The van der Waals surface area contributed by atoms with Gasteiger partial charge in [-0.15, -0.1) is 0 Å². The van der Waals surface area contributed by atoms with Crippen LogP contribution in [0.25, 0.3) is 0 Å². The van der Waals surface area contributed by atoms with E-state index in [4.69, 9.17) is 22.1 Å². The lowest BCUT2D eigenvalue weighted by Gasteiger charge is -2.11. The third-order valence-electron chi connectivity index (χ3n) is 2.87. The van der Waals surface area contributed by atoms with E-state index in [9.17, 15) is 0 Å². The average Bonchev–Trinajstić information content (AvgIpc) is 2.62. The Morgan fingerprint density at radius 3 is 2.79 bits per heavy atom. The van der Waals surface area contributed by atoms with Gasteiger partial charge in [0.05, 0.1) is 15.9 Å². The van der Waals surface area contributed by atoms with Crippen LogP contribution < -0.4 is 10.5 Å². The minimum atomic E-state index is 0.390. The van der Waals surface area contributed by atoms with Gasteiger partial charge in [-0.25, -0.2) is 0 Å². The summed E-state index contributed by atoms with van der Waals surface area (Å²) in [4.78, 5) is 0. The largest absolute Gasteiger partial charge is 0.487 e. The van der Waals surface area contributed by atoms with Gasteiger partial charge in [-0.3, -0.25) is 4.68 Å². The lowest BCUT2D eigenvalue weighted by molar-refractivity contribution is 0.291. The summed E-state index contributed by atoms with van der Waals surface area (Å²) in [6.07, 6.45) is 0. The van der Waals surface area contributed by atoms with Gasteiger partial charge in [-0.05, 0) is 41.1 Å². The lowest BCUT2D eigenvalue weighted by Crippen LogP contribution is -2.06. The van der Waals surface area contributed by atoms with Crippen molar-refractivity contribution >= 4 is 27.5 Å². The van der Waals surface area contributed by atoms with E-state index in [-0.39, 0.29) is 0 Å². The first kappa shape index (κ1) is 14.4. The van der Waals surface area contributed by atoms with Gasteiger partial charge in [0.25, 0.3) is 0 Å². The number of halogens is 2. The van der Waals surface area contributed by atoms with Crippen molar-refractivity contribution < 1.29 is 4.74 Å². The predicted molar refractivity (Wildman–Crippen MR) is 79.3 cm³/mol. The fraction of sp³-hybridized carbons (Fsp3) is 0.308. The van der Waals surface area contributed by atoms with Gasteiger partial charge in [0, 0.05) is 24.2 Å². The van der Waals surface area contributed by atoms with Crippen molar-refractivity contribution in [2.24, 2.45) is 12.8 Å². The Morgan fingerprint density at radius 2 is 2.21 bits per heavy atom. The Hall–Kier alpha value is -1.04. The summed E-state index contributed by atoms with van der Waals surface area (Å²) in [5.41, 5.74) is 8.50. The van der Waals surface area contributed by atoms with Crippen LogP contribution in [0, 0.1) is 6.92 Å². The molecule has 0 bridgehead atoms. The molecule has 0 aliphatic rings. The van der Waals surface area contributed by atoms with Crippen molar-refractivity contribution in [2.75, 3.05) is 0 Å². The smallest absolute Gasteiger partial charge is 0.131 e. The second kappa shape index (κ2) is 5.94. The topological polar surface area (TPSA) is 53.1 Å². The van der Waals surface area contributed by atoms with Crippen LogP contribution in [0.15, 0.2) is 22.7 Å². The highest BCUT2D eigenvalue weighted by Crippen LogP contribution is 2.25.